The van der Waals surface area contributed by atoms with E-state index in [2.05, 4.69) is 10.4 Å². The van der Waals surface area contributed by atoms with Gasteiger partial charge in [0.2, 0.25) is 5.91 Å². The molecule has 0 saturated carbocycles. The minimum absolute atomic E-state index is 0.0126. The van der Waals surface area contributed by atoms with Gasteiger partial charge in [0.05, 0.1) is 12.8 Å². The number of carbonyl (C=O) groups excluding carboxylic acids is 1. The van der Waals surface area contributed by atoms with Crippen molar-refractivity contribution in [1.29, 1.82) is 0 Å². The second kappa shape index (κ2) is 9.32. The largest absolute Gasteiger partial charge is 0.496 e. The average molecular weight is 399 g/mol. The van der Waals surface area contributed by atoms with Crippen LogP contribution in [0.1, 0.15) is 31.4 Å². The zero-order valence-electron chi connectivity index (χ0n) is 16.4. The number of hydrogen-bond acceptors (Lipinski definition) is 3. The third-order valence-electron chi connectivity index (χ3n) is 4.71. The molecular weight excluding hydrogens is 376 g/mol. The van der Waals surface area contributed by atoms with Gasteiger partial charge in [0, 0.05) is 36.3 Å². The van der Waals surface area contributed by atoms with Crippen molar-refractivity contribution in [3.8, 4) is 17.0 Å². The summed E-state index contributed by atoms with van der Waals surface area (Å²) >= 11 is 0. The number of carbonyl (C=O) groups is 1. The number of halogens is 2. The summed E-state index contributed by atoms with van der Waals surface area (Å²) in [5, 5.41) is 7.31. The Morgan fingerprint density at radius 1 is 1.14 bits per heavy atom. The van der Waals surface area contributed by atoms with Crippen molar-refractivity contribution < 1.29 is 18.3 Å². The molecule has 0 aliphatic heterocycles. The summed E-state index contributed by atoms with van der Waals surface area (Å²) in [6.07, 6.45) is 2.75. The van der Waals surface area contributed by atoms with Crippen LogP contribution in [0, 0.1) is 11.6 Å². The molecule has 1 amide bonds. The lowest BCUT2D eigenvalue weighted by molar-refractivity contribution is -0.121. The van der Waals surface area contributed by atoms with E-state index in [-0.39, 0.29) is 30.1 Å². The van der Waals surface area contributed by atoms with Crippen molar-refractivity contribution >= 4 is 5.91 Å². The summed E-state index contributed by atoms with van der Waals surface area (Å²) in [6, 6.07) is 12.2. The lowest BCUT2D eigenvalue weighted by atomic mass is 10.1. The molecule has 29 heavy (non-hydrogen) atoms. The predicted octanol–water partition coefficient (Wildman–Crippen LogP) is 4.49. The van der Waals surface area contributed by atoms with Gasteiger partial charge in [-0.3, -0.25) is 9.48 Å². The topological polar surface area (TPSA) is 56.1 Å². The van der Waals surface area contributed by atoms with Gasteiger partial charge in [-0.05, 0) is 61.9 Å². The fraction of sp³-hybridized carbons (Fsp3) is 0.273. The standard InChI is InChI=1S/C22H23F2N3O2/c1-15(27-12-11-20(26-27)16-4-6-18(23)7-5-16)3-10-22(28)25-14-17-13-19(24)8-9-21(17)29-2/h4-9,11-13,15H,3,10,14H2,1-2H3,(H,25,28). The summed E-state index contributed by atoms with van der Waals surface area (Å²) in [5.41, 5.74) is 2.17. The number of aromatic nitrogens is 2. The first-order valence-electron chi connectivity index (χ1n) is 9.36. The van der Waals surface area contributed by atoms with Crippen molar-refractivity contribution in [2.24, 2.45) is 0 Å². The van der Waals surface area contributed by atoms with Crippen LogP contribution in [0.15, 0.2) is 54.7 Å². The molecule has 0 radical (unpaired) electrons. The molecular formula is C22H23F2N3O2. The molecule has 1 N–H and O–H groups in total. The van der Waals surface area contributed by atoms with Gasteiger partial charge in [-0.15, -0.1) is 0 Å². The van der Waals surface area contributed by atoms with Crippen LogP contribution in [-0.4, -0.2) is 22.8 Å². The van der Waals surface area contributed by atoms with E-state index in [1.807, 2.05) is 19.2 Å². The molecule has 7 heteroatoms. The second-order valence-electron chi connectivity index (χ2n) is 6.81. The van der Waals surface area contributed by atoms with E-state index in [0.29, 0.717) is 24.2 Å². The molecule has 0 aliphatic carbocycles. The van der Waals surface area contributed by atoms with Gasteiger partial charge in [0.15, 0.2) is 0 Å². The van der Waals surface area contributed by atoms with Gasteiger partial charge in [-0.1, -0.05) is 0 Å². The molecule has 0 spiro atoms. The maximum absolute atomic E-state index is 13.4. The normalized spacial score (nSPS) is 11.9. The van der Waals surface area contributed by atoms with Crippen molar-refractivity contribution in [3.05, 3.63) is 71.9 Å². The molecule has 0 aliphatic rings. The molecule has 152 valence electrons. The fourth-order valence-electron chi connectivity index (χ4n) is 3.00. The number of rotatable bonds is 8. The summed E-state index contributed by atoms with van der Waals surface area (Å²) in [7, 11) is 1.50. The quantitative estimate of drug-likeness (QED) is 0.607. The molecule has 1 aromatic heterocycles. The van der Waals surface area contributed by atoms with Crippen molar-refractivity contribution in [3.63, 3.8) is 0 Å². The van der Waals surface area contributed by atoms with Gasteiger partial charge in [0.25, 0.3) is 0 Å². The van der Waals surface area contributed by atoms with Gasteiger partial charge >= 0.3 is 0 Å². The molecule has 1 unspecified atom stereocenters. The zero-order valence-corrected chi connectivity index (χ0v) is 16.4. The highest BCUT2D eigenvalue weighted by Gasteiger charge is 2.12. The highest BCUT2D eigenvalue weighted by atomic mass is 19.1. The molecule has 0 bridgehead atoms. The predicted molar refractivity (Wildman–Crippen MR) is 106 cm³/mol. The first-order valence-corrected chi connectivity index (χ1v) is 9.36. The van der Waals surface area contributed by atoms with Crippen molar-refractivity contribution in [1.82, 2.24) is 15.1 Å². The highest BCUT2D eigenvalue weighted by Crippen LogP contribution is 2.21. The van der Waals surface area contributed by atoms with E-state index in [1.165, 1.54) is 37.4 Å². The van der Waals surface area contributed by atoms with E-state index >= 15 is 0 Å². The first-order chi connectivity index (χ1) is 14.0. The van der Waals surface area contributed by atoms with Gasteiger partial charge in [0.1, 0.15) is 17.4 Å². The van der Waals surface area contributed by atoms with E-state index < -0.39 is 0 Å². The number of methoxy groups -OCH3 is 1. The number of benzene rings is 2. The third-order valence-corrected chi connectivity index (χ3v) is 4.71. The smallest absolute Gasteiger partial charge is 0.220 e. The number of hydrogen-bond donors (Lipinski definition) is 1. The van der Waals surface area contributed by atoms with Crippen LogP contribution in [0.5, 0.6) is 5.75 Å². The summed E-state index contributed by atoms with van der Waals surface area (Å²) in [6.45, 7) is 2.18. The molecule has 3 rings (SSSR count). The van der Waals surface area contributed by atoms with Crippen molar-refractivity contribution in [2.45, 2.75) is 32.4 Å². The Hall–Kier alpha value is -3.22. The van der Waals surface area contributed by atoms with Crippen LogP contribution < -0.4 is 10.1 Å². The molecule has 0 fully saturated rings. The number of amides is 1. The molecule has 2 aromatic carbocycles. The molecule has 1 atom stereocenters. The summed E-state index contributed by atoms with van der Waals surface area (Å²) in [4.78, 5) is 12.2. The molecule has 1 heterocycles. The Bertz CT molecular complexity index is 970. The zero-order chi connectivity index (χ0) is 20.8. The van der Waals surface area contributed by atoms with Crippen LogP contribution in [0.4, 0.5) is 8.78 Å². The number of nitrogens with zero attached hydrogens (tertiary/aromatic N) is 2. The lowest BCUT2D eigenvalue weighted by Gasteiger charge is -2.13. The number of nitrogens with one attached hydrogen (secondary N) is 1. The van der Waals surface area contributed by atoms with E-state index in [0.717, 1.165) is 11.3 Å². The Labute approximate surface area is 168 Å². The Morgan fingerprint density at radius 3 is 2.59 bits per heavy atom. The van der Waals surface area contributed by atoms with Crippen LogP contribution in [0.3, 0.4) is 0 Å². The minimum Gasteiger partial charge on any atom is -0.496 e. The van der Waals surface area contributed by atoms with Gasteiger partial charge in [-0.2, -0.15) is 5.10 Å². The summed E-state index contributed by atoms with van der Waals surface area (Å²) < 4.78 is 33.4. The van der Waals surface area contributed by atoms with Crippen LogP contribution in [-0.2, 0) is 11.3 Å². The third kappa shape index (κ3) is 5.40. The maximum Gasteiger partial charge on any atom is 0.220 e. The second-order valence-corrected chi connectivity index (χ2v) is 6.81. The lowest BCUT2D eigenvalue weighted by Crippen LogP contribution is -2.23. The van der Waals surface area contributed by atoms with Gasteiger partial charge < -0.3 is 10.1 Å². The Morgan fingerprint density at radius 2 is 1.86 bits per heavy atom. The van der Waals surface area contributed by atoms with Crippen LogP contribution in [0.2, 0.25) is 0 Å². The van der Waals surface area contributed by atoms with Crippen LogP contribution in [0.25, 0.3) is 11.3 Å². The Balaban J connectivity index is 1.51. The average Bonchev–Trinajstić information content (AvgIpc) is 3.21. The Kier molecular flexibility index (Phi) is 6.59. The van der Waals surface area contributed by atoms with E-state index in [4.69, 9.17) is 4.74 Å². The monoisotopic (exact) mass is 399 g/mol. The molecule has 3 aromatic rings. The summed E-state index contributed by atoms with van der Waals surface area (Å²) in [5.74, 6) is -0.262. The molecule has 0 saturated heterocycles. The van der Waals surface area contributed by atoms with Crippen molar-refractivity contribution in [2.75, 3.05) is 7.11 Å². The molecule has 5 nitrogen and oxygen atoms in total. The first kappa shape index (κ1) is 20.5. The SMILES string of the molecule is COc1ccc(F)cc1CNC(=O)CCC(C)n1ccc(-c2ccc(F)cc2)n1. The fourth-order valence-corrected chi connectivity index (χ4v) is 3.00. The minimum atomic E-state index is -0.376. The van der Waals surface area contributed by atoms with E-state index in [1.54, 1.807) is 16.8 Å². The highest BCUT2D eigenvalue weighted by molar-refractivity contribution is 5.76. The van der Waals surface area contributed by atoms with E-state index in [9.17, 15) is 13.6 Å². The maximum atomic E-state index is 13.4. The van der Waals surface area contributed by atoms with Crippen LogP contribution >= 0.6 is 0 Å². The van der Waals surface area contributed by atoms with Gasteiger partial charge in [-0.25, -0.2) is 8.78 Å². The number of ether oxygens (including phenoxy) is 1.